The van der Waals surface area contributed by atoms with E-state index in [0.29, 0.717) is 12.2 Å². The number of alkyl halides is 3. The molecule has 0 aliphatic carbocycles. The van der Waals surface area contributed by atoms with Crippen molar-refractivity contribution in [1.82, 2.24) is 4.31 Å². The van der Waals surface area contributed by atoms with Gasteiger partial charge in [-0.2, -0.15) is 17.5 Å². The van der Waals surface area contributed by atoms with Gasteiger partial charge in [-0.25, -0.2) is 8.42 Å². The van der Waals surface area contributed by atoms with Crippen LogP contribution < -0.4 is 5.32 Å². The largest absolute Gasteiger partial charge is 0.402 e. The van der Waals surface area contributed by atoms with Crippen LogP contribution in [0.5, 0.6) is 0 Å². The van der Waals surface area contributed by atoms with Crippen molar-refractivity contribution >= 4 is 15.7 Å². The maximum Gasteiger partial charge on any atom is 0.402 e. The SMILES string of the molecule is CCNc1ccc(S(=O)(=O)N(C)CC(F)(F)F)cc1. The molecule has 19 heavy (non-hydrogen) atoms. The standard InChI is InChI=1S/C11H15F3N2O2S/c1-3-15-9-4-6-10(7-5-9)19(17,18)16(2)8-11(12,13)14/h4-7,15H,3,8H2,1-2H3. The minimum atomic E-state index is -4.56. The molecule has 108 valence electrons. The van der Waals surface area contributed by atoms with Gasteiger partial charge in [0, 0.05) is 19.3 Å². The fourth-order valence-electron chi connectivity index (χ4n) is 1.47. The fourth-order valence-corrected chi connectivity index (χ4v) is 2.62. The third-order valence-electron chi connectivity index (χ3n) is 2.35. The van der Waals surface area contributed by atoms with E-state index in [2.05, 4.69) is 5.32 Å². The summed E-state index contributed by atoms with van der Waals surface area (Å²) in [4.78, 5) is -0.166. The summed E-state index contributed by atoms with van der Waals surface area (Å²) in [5.74, 6) is 0. The van der Waals surface area contributed by atoms with Crippen molar-refractivity contribution in [3.05, 3.63) is 24.3 Å². The Morgan fingerprint density at radius 1 is 1.21 bits per heavy atom. The molecule has 0 aliphatic rings. The summed E-state index contributed by atoms with van der Waals surface area (Å²) in [6.45, 7) is 1.03. The lowest BCUT2D eigenvalue weighted by Gasteiger charge is -2.18. The zero-order chi connectivity index (χ0) is 14.7. The lowest BCUT2D eigenvalue weighted by Crippen LogP contribution is -2.35. The smallest absolute Gasteiger partial charge is 0.385 e. The van der Waals surface area contributed by atoms with Gasteiger partial charge in [-0.15, -0.1) is 0 Å². The Morgan fingerprint density at radius 2 is 1.74 bits per heavy atom. The third-order valence-corrected chi connectivity index (χ3v) is 4.16. The Morgan fingerprint density at radius 3 is 2.16 bits per heavy atom. The van der Waals surface area contributed by atoms with Crippen molar-refractivity contribution in [2.24, 2.45) is 0 Å². The van der Waals surface area contributed by atoms with Crippen molar-refractivity contribution in [2.45, 2.75) is 18.0 Å². The lowest BCUT2D eigenvalue weighted by molar-refractivity contribution is -0.134. The van der Waals surface area contributed by atoms with E-state index in [4.69, 9.17) is 0 Å². The van der Waals surface area contributed by atoms with Crippen LogP contribution in [0.25, 0.3) is 0 Å². The van der Waals surface area contributed by atoms with E-state index in [9.17, 15) is 21.6 Å². The maximum absolute atomic E-state index is 12.2. The van der Waals surface area contributed by atoms with Crippen LogP contribution in [0.15, 0.2) is 29.2 Å². The van der Waals surface area contributed by atoms with Crippen molar-refractivity contribution in [3.63, 3.8) is 0 Å². The van der Waals surface area contributed by atoms with Gasteiger partial charge in [-0.05, 0) is 31.2 Å². The van der Waals surface area contributed by atoms with Crippen LogP contribution in [0.1, 0.15) is 6.92 Å². The van der Waals surface area contributed by atoms with Gasteiger partial charge in [0.25, 0.3) is 0 Å². The molecule has 0 unspecified atom stereocenters. The van der Waals surface area contributed by atoms with Crippen LogP contribution in [0, 0.1) is 0 Å². The van der Waals surface area contributed by atoms with Crippen molar-refractivity contribution in [3.8, 4) is 0 Å². The summed E-state index contributed by atoms with van der Waals surface area (Å²) in [6.07, 6.45) is -4.56. The molecule has 1 rings (SSSR count). The Bertz CT molecular complexity index is 512. The summed E-state index contributed by atoms with van der Waals surface area (Å²) < 4.78 is 60.7. The Labute approximate surface area is 110 Å². The first-order valence-electron chi connectivity index (χ1n) is 5.54. The van der Waals surface area contributed by atoms with Crippen molar-refractivity contribution in [2.75, 3.05) is 25.5 Å². The highest BCUT2D eigenvalue weighted by atomic mass is 32.2. The highest BCUT2D eigenvalue weighted by Crippen LogP contribution is 2.22. The molecule has 0 aromatic heterocycles. The maximum atomic E-state index is 12.2. The first kappa shape index (κ1) is 15.8. The second-order valence-electron chi connectivity index (χ2n) is 3.93. The molecule has 0 fully saturated rings. The molecule has 0 bridgehead atoms. The van der Waals surface area contributed by atoms with Gasteiger partial charge in [0.1, 0.15) is 6.54 Å². The van der Waals surface area contributed by atoms with Gasteiger partial charge in [0.15, 0.2) is 0 Å². The topological polar surface area (TPSA) is 49.4 Å². The average molecular weight is 296 g/mol. The first-order valence-corrected chi connectivity index (χ1v) is 6.98. The van der Waals surface area contributed by atoms with E-state index in [1.165, 1.54) is 24.3 Å². The average Bonchev–Trinajstić information content (AvgIpc) is 2.28. The number of hydrogen-bond donors (Lipinski definition) is 1. The number of hydrogen-bond acceptors (Lipinski definition) is 3. The number of anilines is 1. The summed E-state index contributed by atoms with van der Waals surface area (Å²) in [6, 6.07) is 5.58. The van der Waals surface area contributed by atoms with Gasteiger partial charge in [-0.1, -0.05) is 0 Å². The van der Waals surface area contributed by atoms with Crippen LogP contribution in [0.3, 0.4) is 0 Å². The summed E-state index contributed by atoms with van der Waals surface area (Å²) >= 11 is 0. The lowest BCUT2D eigenvalue weighted by atomic mass is 10.3. The molecular formula is C11H15F3N2O2S. The number of nitrogens with zero attached hydrogens (tertiary/aromatic N) is 1. The Hall–Kier alpha value is -1.28. The van der Waals surface area contributed by atoms with Crippen LogP contribution >= 0.6 is 0 Å². The van der Waals surface area contributed by atoms with E-state index in [1.807, 2.05) is 6.92 Å². The van der Waals surface area contributed by atoms with E-state index in [-0.39, 0.29) is 9.20 Å². The van der Waals surface area contributed by atoms with Crippen molar-refractivity contribution < 1.29 is 21.6 Å². The van der Waals surface area contributed by atoms with E-state index in [1.54, 1.807) is 0 Å². The molecule has 0 saturated heterocycles. The van der Waals surface area contributed by atoms with Gasteiger partial charge in [0.2, 0.25) is 10.0 Å². The van der Waals surface area contributed by atoms with Gasteiger partial charge < -0.3 is 5.32 Å². The minimum Gasteiger partial charge on any atom is -0.385 e. The molecule has 0 amide bonds. The fraction of sp³-hybridized carbons (Fsp3) is 0.455. The predicted molar refractivity (Wildman–Crippen MR) is 66.5 cm³/mol. The number of benzene rings is 1. The van der Waals surface area contributed by atoms with Crippen LogP contribution in [-0.2, 0) is 10.0 Å². The monoisotopic (exact) mass is 296 g/mol. The molecule has 0 spiro atoms. The quantitative estimate of drug-likeness (QED) is 0.907. The molecule has 1 N–H and O–H groups in total. The molecule has 0 heterocycles. The zero-order valence-electron chi connectivity index (χ0n) is 10.5. The highest BCUT2D eigenvalue weighted by molar-refractivity contribution is 7.89. The third kappa shape index (κ3) is 4.39. The van der Waals surface area contributed by atoms with Crippen LogP contribution in [0.4, 0.5) is 18.9 Å². The van der Waals surface area contributed by atoms with E-state index < -0.39 is 22.7 Å². The summed E-state index contributed by atoms with van der Waals surface area (Å²) in [5, 5.41) is 2.97. The van der Waals surface area contributed by atoms with Crippen LogP contribution in [-0.4, -0.2) is 39.0 Å². The molecular weight excluding hydrogens is 281 g/mol. The van der Waals surface area contributed by atoms with Crippen molar-refractivity contribution in [1.29, 1.82) is 0 Å². The van der Waals surface area contributed by atoms with Gasteiger partial charge >= 0.3 is 6.18 Å². The molecule has 0 saturated carbocycles. The van der Waals surface area contributed by atoms with Gasteiger partial charge in [-0.3, -0.25) is 0 Å². The normalized spacial score (nSPS) is 12.7. The second kappa shape index (κ2) is 5.79. The number of halogens is 3. The molecule has 0 aliphatic heterocycles. The van der Waals surface area contributed by atoms with Crippen LogP contribution in [0.2, 0.25) is 0 Å². The zero-order valence-corrected chi connectivity index (χ0v) is 11.3. The predicted octanol–water partition coefficient (Wildman–Crippen LogP) is 2.30. The van der Waals surface area contributed by atoms with E-state index in [0.717, 1.165) is 7.05 Å². The van der Waals surface area contributed by atoms with Gasteiger partial charge in [0.05, 0.1) is 4.90 Å². The molecule has 8 heteroatoms. The van der Waals surface area contributed by atoms with E-state index >= 15 is 0 Å². The number of rotatable bonds is 5. The summed E-state index contributed by atoms with van der Waals surface area (Å²) in [5.41, 5.74) is 0.708. The second-order valence-corrected chi connectivity index (χ2v) is 5.98. The molecule has 0 atom stereocenters. The minimum absolute atomic E-state index is 0.166. The first-order chi connectivity index (χ1) is 8.66. The molecule has 1 aromatic carbocycles. The number of sulfonamides is 1. The summed E-state index contributed by atoms with van der Waals surface area (Å²) in [7, 11) is -3.21. The molecule has 0 radical (unpaired) electrons. The molecule has 1 aromatic rings. The highest BCUT2D eigenvalue weighted by Gasteiger charge is 2.34. The molecule has 4 nitrogen and oxygen atoms in total. The number of nitrogens with one attached hydrogen (secondary N) is 1. The Kier molecular flexibility index (Phi) is 4.81. The Balaban J connectivity index is 2.93.